The quantitative estimate of drug-likeness (QED) is 0.868. The number of benzene rings is 1. The van der Waals surface area contributed by atoms with Gasteiger partial charge in [0.15, 0.2) is 0 Å². The first kappa shape index (κ1) is 12.1. The summed E-state index contributed by atoms with van der Waals surface area (Å²) in [4.78, 5) is 13.8. The van der Waals surface area contributed by atoms with Gasteiger partial charge in [-0.3, -0.25) is 4.79 Å². The SMILES string of the molecule is CC(c1ccc(CN)cc1)N1CCCCC1=O. The molecule has 0 aliphatic carbocycles. The van der Waals surface area contributed by atoms with Crippen molar-refractivity contribution in [2.24, 2.45) is 5.73 Å². The summed E-state index contributed by atoms with van der Waals surface area (Å²) in [6.07, 6.45) is 2.86. The third-order valence-electron chi connectivity index (χ3n) is 3.53. The number of likely N-dealkylation sites (tertiary alicyclic amines) is 1. The first-order valence-electron chi connectivity index (χ1n) is 6.30. The molecule has 1 aromatic carbocycles. The largest absolute Gasteiger partial charge is 0.336 e. The molecule has 92 valence electrons. The van der Waals surface area contributed by atoms with Crippen LogP contribution < -0.4 is 5.73 Å². The van der Waals surface area contributed by atoms with Crippen molar-refractivity contribution >= 4 is 5.91 Å². The Morgan fingerprint density at radius 1 is 1.29 bits per heavy atom. The highest BCUT2D eigenvalue weighted by atomic mass is 16.2. The van der Waals surface area contributed by atoms with E-state index < -0.39 is 0 Å². The molecule has 0 aromatic heterocycles. The average Bonchev–Trinajstić information content (AvgIpc) is 2.39. The van der Waals surface area contributed by atoms with Crippen LogP contribution in [-0.4, -0.2) is 17.4 Å². The van der Waals surface area contributed by atoms with Crippen molar-refractivity contribution in [3.05, 3.63) is 35.4 Å². The lowest BCUT2D eigenvalue weighted by atomic mass is 10.0. The van der Waals surface area contributed by atoms with Gasteiger partial charge in [-0.05, 0) is 30.9 Å². The van der Waals surface area contributed by atoms with Crippen LogP contribution in [0.4, 0.5) is 0 Å². The molecule has 1 fully saturated rings. The molecule has 1 amide bonds. The minimum atomic E-state index is 0.176. The summed E-state index contributed by atoms with van der Waals surface area (Å²) < 4.78 is 0. The first-order valence-corrected chi connectivity index (χ1v) is 6.30. The molecule has 0 saturated carbocycles. The number of carbonyl (C=O) groups excluding carboxylic acids is 1. The lowest BCUT2D eigenvalue weighted by Gasteiger charge is -2.32. The Labute approximate surface area is 103 Å². The molecule has 3 nitrogen and oxygen atoms in total. The van der Waals surface area contributed by atoms with Gasteiger partial charge in [0.1, 0.15) is 0 Å². The van der Waals surface area contributed by atoms with Crippen LogP contribution in [0.5, 0.6) is 0 Å². The molecule has 0 spiro atoms. The van der Waals surface area contributed by atoms with Gasteiger partial charge in [0.25, 0.3) is 0 Å². The number of hydrogen-bond acceptors (Lipinski definition) is 2. The van der Waals surface area contributed by atoms with Crippen molar-refractivity contribution in [3.63, 3.8) is 0 Å². The molecule has 1 aliphatic rings. The van der Waals surface area contributed by atoms with E-state index in [1.54, 1.807) is 0 Å². The van der Waals surface area contributed by atoms with Gasteiger partial charge in [-0.15, -0.1) is 0 Å². The van der Waals surface area contributed by atoms with Crippen LogP contribution in [0.15, 0.2) is 24.3 Å². The first-order chi connectivity index (χ1) is 8.22. The average molecular weight is 232 g/mol. The van der Waals surface area contributed by atoms with Crippen LogP contribution in [0.3, 0.4) is 0 Å². The summed E-state index contributed by atoms with van der Waals surface area (Å²) in [5.41, 5.74) is 7.90. The Morgan fingerprint density at radius 3 is 2.59 bits per heavy atom. The summed E-state index contributed by atoms with van der Waals surface area (Å²) in [6.45, 7) is 3.55. The topological polar surface area (TPSA) is 46.3 Å². The van der Waals surface area contributed by atoms with Crippen LogP contribution in [0.2, 0.25) is 0 Å². The number of nitrogens with zero attached hydrogens (tertiary/aromatic N) is 1. The minimum absolute atomic E-state index is 0.176. The number of piperidine rings is 1. The molecule has 2 N–H and O–H groups in total. The molecular formula is C14H20N2O. The fourth-order valence-electron chi connectivity index (χ4n) is 2.35. The van der Waals surface area contributed by atoms with Crippen molar-refractivity contribution < 1.29 is 4.79 Å². The summed E-state index contributed by atoms with van der Waals surface area (Å²) in [5, 5.41) is 0. The highest BCUT2D eigenvalue weighted by Gasteiger charge is 2.23. The Kier molecular flexibility index (Phi) is 3.79. The highest BCUT2D eigenvalue weighted by Crippen LogP contribution is 2.25. The summed E-state index contributed by atoms with van der Waals surface area (Å²) in [6, 6.07) is 8.42. The van der Waals surface area contributed by atoms with Gasteiger partial charge in [-0.1, -0.05) is 24.3 Å². The lowest BCUT2D eigenvalue weighted by molar-refractivity contribution is -0.135. The monoisotopic (exact) mass is 232 g/mol. The van der Waals surface area contributed by atoms with Gasteiger partial charge in [0.05, 0.1) is 6.04 Å². The van der Waals surface area contributed by atoms with Crippen molar-refractivity contribution in [1.82, 2.24) is 4.90 Å². The fraction of sp³-hybridized carbons (Fsp3) is 0.500. The van der Waals surface area contributed by atoms with E-state index in [0.29, 0.717) is 13.0 Å². The normalized spacial score (nSPS) is 18.2. The Balaban J connectivity index is 2.12. The van der Waals surface area contributed by atoms with Gasteiger partial charge in [-0.25, -0.2) is 0 Å². The van der Waals surface area contributed by atoms with Gasteiger partial charge in [-0.2, -0.15) is 0 Å². The second-order valence-electron chi connectivity index (χ2n) is 4.67. The molecule has 17 heavy (non-hydrogen) atoms. The molecule has 2 rings (SSSR count). The Hall–Kier alpha value is -1.35. The number of hydrogen-bond donors (Lipinski definition) is 1. The summed E-state index contributed by atoms with van der Waals surface area (Å²) in [5.74, 6) is 0.284. The van der Waals surface area contributed by atoms with Gasteiger partial charge in [0, 0.05) is 19.5 Å². The minimum Gasteiger partial charge on any atom is -0.336 e. The second-order valence-corrected chi connectivity index (χ2v) is 4.67. The van der Waals surface area contributed by atoms with Crippen LogP contribution in [0.25, 0.3) is 0 Å². The zero-order valence-electron chi connectivity index (χ0n) is 10.4. The van der Waals surface area contributed by atoms with Crippen molar-refractivity contribution in [3.8, 4) is 0 Å². The predicted molar refractivity (Wildman–Crippen MR) is 68.3 cm³/mol. The molecule has 1 unspecified atom stereocenters. The van der Waals surface area contributed by atoms with Crippen LogP contribution in [0, 0.1) is 0 Å². The highest BCUT2D eigenvalue weighted by molar-refractivity contribution is 5.77. The molecular weight excluding hydrogens is 212 g/mol. The van der Waals surface area contributed by atoms with E-state index in [1.807, 2.05) is 17.0 Å². The van der Waals surface area contributed by atoms with Gasteiger partial charge in [0.2, 0.25) is 5.91 Å². The van der Waals surface area contributed by atoms with E-state index in [9.17, 15) is 4.79 Å². The maximum Gasteiger partial charge on any atom is 0.223 e. The molecule has 0 radical (unpaired) electrons. The molecule has 1 saturated heterocycles. The number of nitrogens with two attached hydrogens (primary N) is 1. The van der Waals surface area contributed by atoms with Crippen LogP contribution >= 0.6 is 0 Å². The number of carbonyl (C=O) groups is 1. The molecule has 1 aliphatic heterocycles. The van der Waals surface area contributed by atoms with E-state index in [4.69, 9.17) is 5.73 Å². The van der Waals surface area contributed by atoms with Crippen LogP contribution in [0.1, 0.15) is 43.4 Å². The maximum atomic E-state index is 11.8. The molecule has 0 bridgehead atoms. The zero-order valence-corrected chi connectivity index (χ0v) is 10.4. The van der Waals surface area contributed by atoms with E-state index in [-0.39, 0.29) is 11.9 Å². The number of rotatable bonds is 3. The smallest absolute Gasteiger partial charge is 0.223 e. The van der Waals surface area contributed by atoms with Gasteiger partial charge < -0.3 is 10.6 Å². The summed E-state index contributed by atoms with van der Waals surface area (Å²) >= 11 is 0. The Bertz CT molecular complexity index is 386. The maximum absolute atomic E-state index is 11.8. The second kappa shape index (κ2) is 5.32. The molecule has 3 heteroatoms. The third kappa shape index (κ3) is 2.67. The standard InChI is InChI=1S/C14H20N2O/c1-11(16-9-3-2-4-14(16)17)13-7-5-12(10-15)6-8-13/h5-8,11H,2-4,9-10,15H2,1H3. The molecule has 1 heterocycles. The van der Waals surface area contributed by atoms with Gasteiger partial charge >= 0.3 is 0 Å². The van der Waals surface area contributed by atoms with Crippen molar-refractivity contribution in [2.45, 2.75) is 38.8 Å². The number of amides is 1. The van der Waals surface area contributed by atoms with E-state index in [0.717, 1.165) is 24.9 Å². The third-order valence-corrected chi connectivity index (χ3v) is 3.53. The fourth-order valence-corrected chi connectivity index (χ4v) is 2.35. The molecule has 1 atom stereocenters. The zero-order chi connectivity index (χ0) is 12.3. The van der Waals surface area contributed by atoms with Crippen molar-refractivity contribution in [2.75, 3.05) is 6.54 Å². The predicted octanol–water partition coefficient (Wildman–Crippen LogP) is 2.22. The van der Waals surface area contributed by atoms with E-state index in [2.05, 4.69) is 19.1 Å². The van der Waals surface area contributed by atoms with Crippen molar-refractivity contribution in [1.29, 1.82) is 0 Å². The van der Waals surface area contributed by atoms with E-state index in [1.165, 1.54) is 5.56 Å². The Morgan fingerprint density at radius 2 is 2.00 bits per heavy atom. The lowest BCUT2D eigenvalue weighted by Crippen LogP contribution is -2.37. The van der Waals surface area contributed by atoms with E-state index >= 15 is 0 Å². The molecule has 1 aromatic rings. The summed E-state index contributed by atoms with van der Waals surface area (Å²) in [7, 11) is 0. The van der Waals surface area contributed by atoms with Crippen LogP contribution in [-0.2, 0) is 11.3 Å².